The number of furan rings is 1. The number of nitrogens with zero attached hydrogens (tertiary/aromatic N) is 1. The molecule has 3 rings (SSSR count). The zero-order valence-electron chi connectivity index (χ0n) is 14.9. The average Bonchev–Trinajstić information content (AvgIpc) is 3.13. The van der Waals surface area contributed by atoms with Gasteiger partial charge < -0.3 is 15.1 Å². The summed E-state index contributed by atoms with van der Waals surface area (Å²) in [6, 6.07) is 16.1. The van der Waals surface area contributed by atoms with Gasteiger partial charge in [-0.1, -0.05) is 23.7 Å². The second kappa shape index (κ2) is 8.70. The Kier molecular flexibility index (Phi) is 6.11. The Labute approximate surface area is 162 Å². The number of anilines is 1. The monoisotopic (exact) mass is 385 g/mol. The predicted octanol–water partition coefficient (Wildman–Crippen LogP) is 5.02. The van der Waals surface area contributed by atoms with Gasteiger partial charge in [0.15, 0.2) is 0 Å². The van der Waals surface area contributed by atoms with Crippen LogP contribution < -0.4 is 10.6 Å². The number of nitro groups is 1. The van der Waals surface area contributed by atoms with Crippen molar-refractivity contribution in [1.29, 1.82) is 0 Å². The van der Waals surface area contributed by atoms with E-state index >= 15 is 0 Å². The summed E-state index contributed by atoms with van der Waals surface area (Å²) in [6.45, 7) is 4.00. The minimum Gasteiger partial charge on any atom is -0.460 e. The Bertz CT molecular complexity index is 922. The van der Waals surface area contributed by atoms with Gasteiger partial charge in [-0.05, 0) is 42.8 Å². The molecule has 0 atom stereocenters. The van der Waals surface area contributed by atoms with Crippen LogP contribution in [0.1, 0.15) is 11.3 Å². The highest BCUT2D eigenvalue weighted by atomic mass is 35.5. The number of benzene rings is 2. The van der Waals surface area contributed by atoms with E-state index in [1.807, 2.05) is 37.3 Å². The van der Waals surface area contributed by atoms with E-state index in [1.165, 1.54) is 12.1 Å². The van der Waals surface area contributed by atoms with Crippen LogP contribution in [0.2, 0.25) is 5.02 Å². The van der Waals surface area contributed by atoms with Crippen LogP contribution in [0.25, 0.3) is 11.3 Å². The lowest BCUT2D eigenvalue weighted by Gasteiger charge is -2.07. The summed E-state index contributed by atoms with van der Waals surface area (Å²) in [5.41, 5.74) is 2.92. The normalized spacial score (nSPS) is 10.7. The Morgan fingerprint density at radius 2 is 1.85 bits per heavy atom. The summed E-state index contributed by atoms with van der Waals surface area (Å²) in [5, 5.41) is 17.9. The summed E-state index contributed by atoms with van der Waals surface area (Å²) < 4.78 is 5.86. The van der Waals surface area contributed by atoms with Gasteiger partial charge in [0.2, 0.25) is 0 Å². The maximum Gasteiger partial charge on any atom is 0.269 e. The van der Waals surface area contributed by atoms with Gasteiger partial charge in [-0.2, -0.15) is 0 Å². The highest BCUT2D eigenvalue weighted by Crippen LogP contribution is 2.26. The summed E-state index contributed by atoms with van der Waals surface area (Å²) >= 11 is 6.17. The Morgan fingerprint density at radius 3 is 2.56 bits per heavy atom. The van der Waals surface area contributed by atoms with Crippen LogP contribution in [0.4, 0.5) is 11.4 Å². The number of hydrogen-bond acceptors (Lipinski definition) is 5. The second-order valence-electron chi connectivity index (χ2n) is 6.14. The molecule has 0 saturated heterocycles. The molecule has 0 aliphatic heterocycles. The van der Waals surface area contributed by atoms with Crippen molar-refractivity contribution in [2.45, 2.75) is 13.5 Å². The van der Waals surface area contributed by atoms with E-state index in [1.54, 1.807) is 12.1 Å². The molecule has 6 nitrogen and oxygen atoms in total. The molecule has 140 valence electrons. The third-order valence-electron chi connectivity index (χ3n) is 4.13. The van der Waals surface area contributed by atoms with Gasteiger partial charge in [-0.3, -0.25) is 10.1 Å². The molecule has 27 heavy (non-hydrogen) atoms. The summed E-state index contributed by atoms with van der Waals surface area (Å²) in [4.78, 5) is 10.2. The van der Waals surface area contributed by atoms with Gasteiger partial charge in [0.1, 0.15) is 11.5 Å². The molecule has 0 aliphatic rings. The molecule has 0 aliphatic carbocycles. The molecule has 0 saturated carbocycles. The van der Waals surface area contributed by atoms with Gasteiger partial charge in [-0.15, -0.1) is 0 Å². The van der Waals surface area contributed by atoms with E-state index in [0.717, 1.165) is 39.9 Å². The van der Waals surface area contributed by atoms with Crippen molar-refractivity contribution in [2.75, 3.05) is 18.4 Å². The van der Waals surface area contributed by atoms with Crippen LogP contribution in [0.5, 0.6) is 0 Å². The van der Waals surface area contributed by atoms with Gasteiger partial charge in [0.25, 0.3) is 5.69 Å². The summed E-state index contributed by atoms with van der Waals surface area (Å²) in [7, 11) is 0. The summed E-state index contributed by atoms with van der Waals surface area (Å²) in [5.74, 6) is 1.63. The first-order chi connectivity index (χ1) is 13.0. The SMILES string of the molecule is Cc1ccc(-c2ccc(CNCCNc3ccc([N+](=O)[O-])cc3)o2)cc1Cl. The molecule has 1 aromatic heterocycles. The predicted molar refractivity (Wildman–Crippen MR) is 107 cm³/mol. The topological polar surface area (TPSA) is 80.3 Å². The average molecular weight is 386 g/mol. The van der Waals surface area contributed by atoms with Crippen molar-refractivity contribution in [1.82, 2.24) is 5.32 Å². The third kappa shape index (κ3) is 5.09. The molecule has 1 heterocycles. The quantitative estimate of drug-likeness (QED) is 0.323. The lowest BCUT2D eigenvalue weighted by molar-refractivity contribution is -0.384. The molecule has 0 amide bonds. The van der Waals surface area contributed by atoms with Crippen molar-refractivity contribution in [3.05, 3.63) is 81.1 Å². The third-order valence-corrected chi connectivity index (χ3v) is 4.53. The van der Waals surface area contributed by atoms with Gasteiger partial charge >= 0.3 is 0 Å². The molecule has 0 unspecified atom stereocenters. The maximum absolute atomic E-state index is 10.6. The lowest BCUT2D eigenvalue weighted by atomic mass is 10.1. The van der Waals surface area contributed by atoms with E-state index in [-0.39, 0.29) is 5.69 Å². The van der Waals surface area contributed by atoms with E-state index in [2.05, 4.69) is 10.6 Å². The van der Waals surface area contributed by atoms with Crippen molar-refractivity contribution in [2.24, 2.45) is 0 Å². The molecule has 2 N–H and O–H groups in total. The fraction of sp³-hybridized carbons (Fsp3) is 0.200. The van der Waals surface area contributed by atoms with E-state index in [4.69, 9.17) is 16.0 Å². The van der Waals surface area contributed by atoms with Crippen LogP contribution in [-0.2, 0) is 6.54 Å². The van der Waals surface area contributed by atoms with E-state index in [9.17, 15) is 10.1 Å². The minimum absolute atomic E-state index is 0.0853. The maximum atomic E-state index is 10.6. The van der Waals surface area contributed by atoms with Crippen molar-refractivity contribution in [3.8, 4) is 11.3 Å². The molecular weight excluding hydrogens is 366 g/mol. The molecule has 0 bridgehead atoms. The first-order valence-electron chi connectivity index (χ1n) is 8.57. The van der Waals surface area contributed by atoms with Gasteiger partial charge in [0.05, 0.1) is 11.5 Å². The van der Waals surface area contributed by atoms with Crippen molar-refractivity contribution in [3.63, 3.8) is 0 Å². The van der Waals surface area contributed by atoms with Gasteiger partial charge in [-0.25, -0.2) is 0 Å². The standard InChI is InChI=1S/C20H20ClN3O3/c1-14-2-3-15(12-19(14)21)20-9-8-18(27-20)13-22-10-11-23-16-4-6-17(7-5-16)24(25)26/h2-9,12,22-23H,10-11,13H2,1H3. The number of halogens is 1. The first-order valence-corrected chi connectivity index (χ1v) is 8.95. The van der Waals surface area contributed by atoms with Crippen molar-refractivity contribution < 1.29 is 9.34 Å². The number of hydrogen-bond donors (Lipinski definition) is 2. The molecule has 3 aromatic rings. The van der Waals surface area contributed by atoms with Crippen LogP contribution in [0.3, 0.4) is 0 Å². The Morgan fingerprint density at radius 1 is 1.07 bits per heavy atom. The first kappa shape index (κ1) is 18.9. The van der Waals surface area contributed by atoms with Crippen LogP contribution in [0, 0.1) is 17.0 Å². The number of rotatable bonds is 8. The highest BCUT2D eigenvalue weighted by Gasteiger charge is 2.07. The molecule has 0 radical (unpaired) electrons. The lowest BCUT2D eigenvalue weighted by Crippen LogP contribution is -2.21. The number of non-ortho nitro benzene ring substituents is 1. The fourth-order valence-electron chi connectivity index (χ4n) is 2.58. The smallest absolute Gasteiger partial charge is 0.269 e. The molecule has 0 fully saturated rings. The van der Waals surface area contributed by atoms with Crippen molar-refractivity contribution >= 4 is 23.0 Å². The van der Waals surface area contributed by atoms with Crippen LogP contribution in [-0.4, -0.2) is 18.0 Å². The van der Waals surface area contributed by atoms with E-state index < -0.39 is 4.92 Å². The van der Waals surface area contributed by atoms with Crippen LogP contribution >= 0.6 is 11.6 Å². The Hall–Kier alpha value is -2.83. The van der Waals surface area contributed by atoms with Crippen LogP contribution in [0.15, 0.2) is 59.0 Å². The zero-order valence-corrected chi connectivity index (χ0v) is 15.6. The molecule has 0 spiro atoms. The van der Waals surface area contributed by atoms with E-state index in [0.29, 0.717) is 13.1 Å². The fourth-order valence-corrected chi connectivity index (χ4v) is 2.76. The highest BCUT2D eigenvalue weighted by molar-refractivity contribution is 6.31. The largest absolute Gasteiger partial charge is 0.460 e. The zero-order chi connectivity index (χ0) is 19.2. The number of nitrogens with one attached hydrogen (secondary N) is 2. The number of aryl methyl sites for hydroxylation is 1. The molecule has 7 heteroatoms. The molecule has 2 aromatic carbocycles. The summed E-state index contributed by atoms with van der Waals surface area (Å²) in [6.07, 6.45) is 0. The molecular formula is C20H20ClN3O3. The Balaban J connectivity index is 1.44. The van der Waals surface area contributed by atoms with Gasteiger partial charge in [0, 0.05) is 41.5 Å². The second-order valence-corrected chi connectivity index (χ2v) is 6.54. The minimum atomic E-state index is -0.409. The number of nitro benzene ring substituents is 1.